The summed E-state index contributed by atoms with van der Waals surface area (Å²) in [6.45, 7) is 14.2. The summed E-state index contributed by atoms with van der Waals surface area (Å²) >= 11 is 0. The maximum atomic E-state index is 4.33. The van der Waals surface area contributed by atoms with Gasteiger partial charge >= 0.3 is 0 Å². The van der Waals surface area contributed by atoms with Crippen molar-refractivity contribution < 1.29 is 0 Å². The molecule has 5 aliphatic carbocycles. The normalized spacial score (nSPS) is 38.3. The van der Waals surface area contributed by atoms with Crippen LogP contribution in [0.25, 0.3) is 6.08 Å². The van der Waals surface area contributed by atoms with Crippen LogP contribution < -0.4 is 0 Å². The van der Waals surface area contributed by atoms with Crippen LogP contribution in [0.1, 0.15) is 128 Å². The van der Waals surface area contributed by atoms with Gasteiger partial charge in [-0.15, -0.1) is 6.58 Å². The molecule has 0 saturated heterocycles. The quantitative estimate of drug-likeness (QED) is 0.364. The Morgan fingerprint density at radius 1 is 0.892 bits per heavy atom. The van der Waals surface area contributed by atoms with Gasteiger partial charge in [0.15, 0.2) is 0 Å². The smallest absolute Gasteiger partial charge is 0.00593 e. The molecule has 0 heteroatoms. The van der Waals surface area contributed by atoms with E-state index in [1.807, 2.05) is 11.1 Å². The van der Waals surface area contributed by atoms with Crippen molar-refractivity contribution in [3.8, 4) is 0 Å². The van der Waals surface area contributed by atoms with E-state index in [1.165, 1.54) is 82.6 Å². The molecule has 1 aromatic carbocycles. The monoisotopic (exact) mass is 496 g/mol. The summed E-state index contributed by atoms with van der Waals surface area (Å²) in [6.07, 6.45) is 25.3. The minimum absolute atomic E-state index is 0.416. The second kappa shape index (κ2) is 9.57. The molecule has 6 atom stereocenters. The lowest BCUT2D eigenvalue weighted by Gasteiger charge is -2.56. The highest BCUT2D eigenvalue weighted by atomic mass is 14.6. The summed E-state index contributed by atoms with van der Waals surface area (Å²) in [6, 6.07) is 9.75. The van der Waals surface area contributed by atoms with Gasteiger partial charge in [-0.1, -0.05) is 81.3 Å². The van der Waals surface area contributed by atoms with E-state index >= 15 is 0 Å². The molecular formula is C37H52. The van der Waals surface area contributed by atoms with Crippen molar-refractivity contribution in [1.29, 1.82) is 0 Å². The molecule has 6 rings (SSSR count). The minimum atomic E-state index is 0.416. The number of rotatable bonds is 4. The molecule has 0 radical (unpaired) electrons. The van der Waals surface area contributed by atoms with Crippen molar-refractivity contribution in [2.75, 3.05) is 0 Å². The Morgan fingerprint density at radius 3 is 2.35 bits per heavy atom. The van der Waals surface area contributed by atoms with Crippen LogP contribution >= 0.6 is 0 Å². The van der Waals surface area contributed by atoms with E-state index in [0.29, 0.717) is 28.1 Å². The first-order chi connectivity index (χ1) is 17.8. The largest absolute Gasteiger partial charge is 0.103 e. The molecule has 1 aromatic rings. The minimum Gasteiger partial charge on any atom is -0.103 e. The summed E-state index contributed by atoms with van der Waals surface area (Å²) in [4.78, 5) is 0. The Labute approximate surface area is 228 Å². The van der Waals surface area contributed by atoms with Crippen LogP contribution in [0, 0.1) is 39.9 Å². The Kier molecular flexibility index (Phi) is 6.65. The molecule has 4 saturated carbocycles. The molecule has 1 spiro atoms. The third kappa shape index (κ3) is 4.43. The zero-order valence-electron chi connectivity index (χ0n) is 24.3. The summed E-state index contributed by atoms with van der Waals surface area (Å²) in [5.41, 5.74) is 8.50. The highest BCUT2D eigenvalue weighted by molar-refractivity contribution is 5.51. The van der Waals surface area contributed by atoms with Gasteiger partial charge in [-0.2, -0.15) is 0 Å². The van der Waals surface area contributed by atoms with Gasteiger partial charge in [-0.05, 0) is 135 Å². The zero-order valence-corrected chi connectivity index (χ0v) is 24.3. The molecule has 0 nitrogen and oxygen atoms in total. The second-order valence-electron chi connectivity index (χ2n) is 15.0. The average Bonchev–Trinajstić information content (AvgIpc) is 3.25. The van der Waals surface area contributed by atoms with E-state index in [4.69, 9.17) is 0 Å². The van der Waals surface area contributed by atoms with Crippen molar-refractivity contribution in [2.45, 2.75) is 117 Å². The molecule has 37 heavy (non-hydrogen) atoms. The summed E-state index contributed by atoms with van der Waals surface area (Å²) in [7, 11) is 0. The highest BCUT2D eigenvalue weighted by Gasteiger charge is 2.57. The van der Waals surface area contributed by atoms with Crippen molar-refractivity contribution in [2.24, 2.45) is 39.9 Å². The summed E-state index contributed by atoms with van der Waals surface area (Å²) in [5.74, 6) is 3.87. The van der Waals surface area contributed by atoms with E-state index in [2.05, 4.69) is 76.8 Å². The fraction of sp³-hybridized carbons (Fsp3) is 0.676. The number of hydrogen-bond acceptors (Lipinski definition) is 0. The topological polar surface area (TPSA) is 0 Å². The van der Waals surface area contributed by atoms with E-state index < -0.39 is 0 Å². The van der Waals surface area contributed by atoms with Crippen LogP contribution in [0.2, 0.25) is 0 Å². The van der Waals surface area contributed by atoms with E-state index in [9.17, 15) is 0 Å². The van der Waals surface area contributed by atoms with Gasteiger partial charge in [0.2, 0.25) is 0 Å². The SMILES string of the molecule is C=CC1CCC2C3CCC4CC5(CCC4=C3C(c3ccc(/C=C/CC)cc3)CC12C)CCC(C)(C)CC5. The predicted octanol–water partition coefficient (Wildman–Crippen LogP) is 10.9. The third-order valence-electron chi connectivity index (χ3n) is 12.5. The lowest BCUT2D eigenvalue weighted by Crippen LogP contribution is -2.45. The van der Waals surface area contributed by atoms with Crippen LogP contribution in [0.4, 0.5) is 0 Å². The lowest BCUT2D eigenvalue weighted by atomic mass is 9.49. The molecule has 6 unspecified atom stereocenters. The van der Waals surface area contributed by atoms with Gasteiger partial charge in [0, 0.05) is 5.92 Å². The predicted molar refractivity (Wildman–Crippen MR) is 159 cm³/mol. The molecular weight excluding hydrogens is 444 g/mol. The number of hydrogen-bond donors (Lipinski definition) is 0. The molecule has 200 valence electrons. The van der Waals surface area contributed by atoms with Crippen molar-refractivity contribution in [3.05, 3.63) is 65.3 Å². The Morgan fingerprint density at radius 2 is 1.65 bits per heavy atom. The fourth-order valence-corrected chi connectivity index (χ4v) is 10.2. The molecule has 0 N–H and O–H groups in total. The van der Waals surface area contributed by atoms with Crippen molar-refractivity contribution in [3.63, 3.8) is 0 Å². The first-order valence-electron chi connectivity index (χ1n) is 15.9. The second-order valence-corrected chi connectivity index (χ2v) is 15.0. The molecule has 0 aromatic heterocycles. The van der Waals surface area contributed by atoms with Crippen LogP contribution in [-0.4, -0.2) is 0 Å². The lowest BCUT2D eigenvalue weighted by molar-refractivity contribution is 0.0368. The summed E-state index contributed by atoms with van der Waals surface area (Å²) < 4.78 is 0. The van der Waals surface area contributed by atoms with Gasteiger partial charge in [-0.3, -0.25) is 0 Å². The van der Waals surface area contributed by atoms with Crippen LogP contribution in [-0.2, 0) is 0 Å². The Bertz CT molecular complexity index is 1050. The molecule has 0 aliphatic heterocycles. The Balaban J connectivity index is 1.37. The molecule has 0 bridgehead atoms. The molecule has 4 fully saturated rings. The number of fused-ring (bicyclic) bond motifs is 4. The van der Waals surface area contributed by atoms with E-state index in [-0.39, 0.29) is 0 Å². The van der Waals surface area contributed by atoms with Gasteiger partial charge in [0.05, 0.1) is 0 Å². The number of allylic oxidation sites excluding steroid dienone is 4. The van der Waals surface area contributed by atoms with E-state index in [0.717, 1.165) is 24.2 Å². The number of benzene rings is 1. The first-order valence-corrected chi connectivity index (χ1v) is 15.9. The average molecular weight is 497 g/mol. The molecule has 5 aliphatic rings. The van der Waals surface area contributed by atoms with Crippen LogP contribution in [0.3, 0.4) is 0 Å². The molecule has 0 amide bonds. The van der Waals surface area contributed by atoms with Gasteiger partial charge in [0.25, 0.3) is 0 Å². The van der Waals surface area contributed by atoms with Crippen molar-refractivity contribution in [1.82, 2.24) is 0 Å². The highest BCUT2D eigenvalue weighted by Crippen LogP contribution is 2.67. The Hall–Kier alpha value is -1.56. The maximum Gasteiger partial charge on any atom is 0.00593 e. The van der Waals surface area contributed by atoms with E-state index in [1.54, 1.807) is 5.56 Å². The van der Waals surface area contributed by atoms with Gasteiger partial charge in [-0.25, -0.2) is 0 Å². The fourth-order valence-electron chi connectivity index (χ4n) is 10.2. The zero-order chi connectivity index (χ0) is 25.8. The molecule has 0 heterocycles. The third-order valence-corrected chi connectivity index (χ3v) is 12.5. The maximum absolute atomic E-state index is 4.33. The first kappa shape index (κ1) is 25.7. The van der Waals surface area contributed by atoms with Crippen molar-refractivity contribution >= 4 is 6.08 Å². The summed E-state index contributed by atoms with van der Waals surface area (Å²) in [5, 5.41) is 0. The van der Waals surface area contributed by atoms with Gasteiger partial charge in [0.1, 0.15) is 0 Å². The standard InChI is InChI=1S/C37H52/c1-6-8-9-26-10-12-27(13-11-26)32-25-36(5)29(7-2)15-17-33(36)31-16-14-28-24-37(19-18-30(28)34(31)32)22-20-35(3,4)21-23-37/h7-13,28-29,31-33H,2,6,14-25H2,1,3-5H3/b9-8+. The van der Waals surface area contributed by atoms with Crippen LogP contribution in [0.15, 0.2) is 54.1 Å². The van der Waals surface area contributed by atoms with Crippen LogP contribution in [0.5, 0.6) is 0 Å². The van der Waals surface area contributed by atoms with Gasteiger partial charge < -0.3 is 0 Å².